The van der Waals surface area contributed by atoms with Crippen molar-refractivity contribution in [3.05, 3.63) is 53.1 Å². The second-order valence-electron chi connectivity index (χ2n) is 8.27. The van der Waals surface area contributed by atoms with Crippen molar-refractivity contribution in [1.82, 2.24) is 15.3 Å². The van der Waals surface area contributed by atoms with Crippen LogP contribution in [0.4, 0.5) is 5.69 Å². The minimum Gasteiger partial charge on any atom is -0.370 e. The lowest BCUT2D eigenvalue weighted by Gasteiger charge is -2.37. The fourth-order valence-electron chi connectivity index (χ4n) is 3.79. The zero-order valence-corrected chi connectivity index (χ0v) is 18.2. The van der Waals surface area contributed by atoms with E-state index in [0.29, 0.717) is 28.7 Å². The minimum absolute atomic E-state index is 0.0170. The number of ether oxygens (including phenoxy) is 1. The first-order valence-electron chi connectivity index (χ1n) is 10.4. The third kappa shape index (κ3) is 5.42. The van der Waals surface area contributed by atoms with Gasteiger partial charge < -0.3 is 15.4 Å². The summed E-state index contributed by atoms with van der Waals surface area (Å²) in [5.74, 6) is 0.747. The number of nitrogens with zero attached hydrogens (tertiary/aromatic N) is 2. The molecule has 0 radical (unpaired) electrons. The molecular weight excluding hydrogens is 380 g/mol. The van der Waals surface area contributed by atoms with E-state index in [1.165, 1.54) is 0 Å². The highest BCUT2D eigenvalue weighted by Crippen LogP contribution is 2.34. The maximum absolute atomic E-state index is 12.5. The summed E-state index contributed by atoms with van der Waals surface area (Å²) in [7, 11) is 0. The van der Waals surface area contributed by atoms with Crippen LogP contribution in [0, 0.1) is 19.8 Å². The summed E-state index contributed by atoms with van der Waals surface area (Å²) in [6.45, 7) is 9.40. The number of aryl methyl sites for hydroxylation is 2. The first-order valence-corrected chi connectivity index (χ1v) is 10.4. The van der Waals surface area contributed by atoms with Crippen LogP contribution in [0.1, 0.15) is 67.2 Å². The van der Waals surface area contributed by atoms with Gasteiger partial charge in [0.1, 0.15) is 5.82 Å². The zero-order chi connectivity index (χ0) is 21.8. The lowest BCUT2D eigenvalue weighted by molar-refractivity contribution is -0.123. The van der Waals surface area contributed by atoms with Gasteiger partial charge in [0, 0.05) is 24.8 Å². The molecule has 1 aliphatic heterocycles. The van der Waals surface area contributed by atoms with Gasteiger partial charge in [-0.15, -0.1) is 0 Å². The molecule has 1 saturated heterocycles. The van der Waals surface area contributed by atoms with Crippen molar-refractivity contribution in [3.63, 3.8) is 0 Å². The van der Waals surface area contributed by atoms with Gasteiger partial charge in [-0.3, -0.25) is 9.59 Å². The van der Waals surface area contributed by atoms with Crippen molar-refractivity contribution in [1.29, 1.82) is 0 Å². The van der Waals surface area contributed by atoms with Gasteiger partial charge in [-0.2, -0.15) is 0 Å². The number of hydrogen-bond donors (Lipinski definition) is 2. The van der Waals surface area contributed by atoms with E-state index in [9.17, 15) is 9.59 Å². The molecule has 7 nitrogen and oxygen atoms in total. The number of anilines is 1. The predicted molar refractivity (Wildman–Crippen MR) is 115 cm³/mol. The van der Waals surface area contributed by atoms with Crippen LogP contribution in [0.5, 0.6) is 0 Å². The number of rotatable bonds is 5. The van der Waals surface area contributed by atoms with Crippen LogP contribution in [0.25, 0.3) is 0 Å². The number of hydrogen-bond acceptors (Lipinski definition) is 5. The highest BCUT2D eigenvalue weighted by molar-refractivity contribution is 6.04. The third-order valence-electron chi connectivity index (χ3n) is 5.39. The topological polar surface area (TPSA) is 93.2 Å². The van der Waals surface area contributed by atoms with Crippen molar-refractivity contribution in [2.24, 2.45) is 5.92 Å². The molecule has 0 saturated carbocycles. The Morgan fingerprint density at radius 2 is 1.83 bits per heavy atom. The van der Waals surface area contributed by atoms with E-state index in [1.807, 2.05) is 24.3 Å². The summed E-state index contributed by atoms with van der Waals surface area (Å²) < 4.78 is 6.31. The zero-order valence-electron chi connectivity index (χ0n) is 18.2. The Hall–Kier alpha value is -2.80. The standard InChI is InChI=1S/C23H30N4O3/c1-13(2)21-10-19(26-16(5)28)11-22(30-21)17-6-8-18(9-7-17)27-23(29)20-12-24-15(4)25-14(20)3/h6-9,12-13,19,21-22H,10-11H2,1-5H3,(H,26,28)(H,27,29)/t19-,21-,22+/m1/s1. The molecule has 0 spiro atoms. The van der Waals surface area contributed by atoms with Crippen LogP contribution in [-0.4, -0.2) is 33.9 Å². The molecule has 160 valence electrons. The average Bonchev–Trinajstić information content (AvgIpc) is 2.67. The largest absolute Gasteiger partial charge is 0.370 e. The Kier molecular flexibility index (Phi) is 6.82. The lowest BCUT2D eigenvalue weighted by Crippen LogP contribution is -2.43. The summed E-state index contributed by atoms with van der Waals surface area (Å²) in [5, 5.41) is 5.94. The molecule has 7 heteroatoms. The van der Waals surface area contributed by atoms with Gasteiger partial charge in [-0.25, -0.2) is 9.97 Å². The van der Waals surface area contributed by atoms with Crippen molar-refractivity contribution < 1.29 is 14.3 Å². The highest BCUT2D eigenvalue weighted by atomic mass is 16.5. The van der Waals surface area contributed by atoms with Gasteiger partial charge in [0.15, 0.2) is 0 Å². The van der Waals surface area contributed by atoms with E-state index in [4.69, 9.17) is 4.74 Å². The van der Waals surface area contributed by atoms with Crippen molar-refractivity contribution in [2.75, 3.05) is 5.32 Å². The minimum atomic E-state index is -0.236. The molecule has 1 fully saturated rings. The van der Waals surface area contributed by atoms with Crippen molar-refractivity contribution >= 4 is 17.5 Å². The van der Waals surface area contributed by atoms with E-state index in [0.717, 1.165) is 18.4 Å². The molecule has 1 aromatic heterocycles. The van der Waals surface area contributed by atoms with Crippen LogP contribution < -0.4 is 10.6 Å². The maximum atomic E-state index is 12.5. The molecule has 0 aliphatic carbocycles. The van der Waals surface area contributed by atoms with Crippen LogP contribution in [0.3, 0.4) is 0 Å². The molecule has 1 aliphatic rings. The van der Waals surface area contributed by atoms with Gasteiger partial charge >= 0.3 is 0 Å². The number of amides is 2. The average molecular weight is 411 g/mol. The van der Waals surface area contributed by atoms with Crippen LogP contribution in [-0.2, 0) is 9.53 Å². The number of aromatic nitrogens is 2. The second kappa shape index (κ2) is 9.34. The first kappa shape index (κ1) is 21.9. The monoisotopic (exact) mass is 410 g/mol. The number of nitrogens with one attached hydrogen (secondary N) is 2. The first-order chi connectivity index (χ1) is 14.2. The Balaban J connectivity index is 1.70. The molecule has 2 amide bonds. The van der Waals surface area contributed by atoms with Crippen molar-refractivity contribution in [3.8, 4) is 0 Å². The number of carbonyl (C=O) groups excluding carboxylic acids is 2. The van der Waals surface area contributed by atoms with E-state index in [-0.39, 0.29) is 30.1 Å². The van der Waals surface area contributed by atoms with Gasteiger partial charge in [-0.1, -0.05) is 26.0 Å². The van der Waals surface area contributed by atoms with Gasteiger partial charge in [0.05, 0.1) is 23.5 Å². The second-order valence-corrected chi connectivity index (χ2v) is 8.27. The molecule has 2 heterocycles. The Morgan fingerprint density at radius 3 is 2.43 bits per heavy atom. The quantitative estimate of drug-likeness (QED) is 0.783. The Bertz CT molecular complexity index is 911. The molecule has 0 bridgehead atoms. The molecule has 1 aromatic carbocycles. The predicted octanol–water partition coefficient (Wildman–Crippen LogP) is 3.73. The molecule has 2 N–H and O–H groups in total. The highest BCUT2D eigenvalue weighted by Gasteiger charge is 2.32. The van der Waals surface area contributed by atoms with Crippen molar-refractivity contribution in [2.45, 2.75) is 65.7 Å². The third-order valence-corrected chi connectivity index (χ3v) is 5.39. The Labute approximate surface area is 177 Å². The van der Waals surface area contributed by atoms with Gasteiger partial charge in [-0.05, 0) is 50.3 Å². The van der Waals surface area contributed by atoms with E-state index < -0.39 is 0 Å². The van der Waals surface area contributed by atoms with E-state index >= 15 is 0 Å². The van der Waals surface area contributed by atoms with Gasteiger partial charge in [0.2, 0.25) is 5.91 Å². The fraction of sp³-hybridized carbons (Fsp3) is 0.478. The van der Waals surface area contributed by atoms with E-state index in [1.54, 1.807) is 27.0 Å². The molecular formula is C23H30N4O3. The van der Waals surface area contributed by atoms with E-state index in [2.05, 4.69) is 34.4 Å². The fourth-order valence-corrected chi connectivity index (χ4v) is 3.79. The molecule has 2 aromatic rings. The van der Waals surface area contributed by atoms with Crippen LogP contribution in [0.15, 0.2) is 30.5 Å². The molecule has 0 unspecified atom stereocenters. The molecule has 3 atom stereocenters. The smallest absolute Gasteiger partial charge is 0.259 e. The summed E-state index contributed by atoms with van der Waals surface area (Å²) in [5.41, 5.74) is 2.83. The van der Waals surface area contributed by atoms with Crippen LogP contribution in [0.2, 0.25) is 0 Å². The molecule has 30 heavy (non-hydrogen) atoms. The number of carbonyl (C=O) groups is 2. The summed E-state index contributed by atoms with van der Waals surface area (Å²) >= 11 is 0. The maximum Gasteiger partial charge on any atom is 0.259 e. The SMILES string of the molecule is CC(=O)N[C@H]1C[C@@H](c2ccc(NC(=O)c3cnc(C)nc3C)cc2)O[C@@H](C(C)C)C1. The Morgan fingerprint density at radius 1 is 1.13 bits per heavy atom. The number of benzene rings is 1. The normalized spacial score (nSPS) is 21.3. The van der Waals surface area contributed by atoms with Gasteiger partial charge in [0.25, 0.3) is 5.91 Å². The summed E-state index contributed by atoms with van der Waals surface area (Å²) in [6.07, 6.45) is 3.09. The summed E-state index contributed by atoms with van der Waals surface area (Å²) in [6, 6.07) is 7.76. The van der Waals surface area contributed by atoms with Crippen LogP contribution >= 0.6 is 0 Å². The summed E-state index contributed by atoms with van der Waals surface area (Å²) in [4.78, 5) is 32.4. The molecule has 3 rings (SSSR count). The lowest BCUT2D eigenvalue weighted by atomic mass is 9.90.